The topological polar surface area (TPSA) is 78.4 Å². The molecule has 0 unspecified atom stereocenters. The maximum atomic E-state index is 11.9. The second-order valence-electron chi connectivity index (χ2n) is 4.68. The van der Waals surface area contributed by atoms with Crippen LogP contribution in [-0.2, 0) is 22.6 Å². The lowest BCUT2D eigenvalue weighted by Crippen LogP contribution is -2.38. The minimum atomic E-state index is -0.533. The van der Waals surface area contributed by atoms with E-state index in [1.54, 1.807) is 30.2 Å². The number of hydrazine groups is 1. The standard InChI is InChI=1S/C17H16N2O3/c20-12-15(10-13-6-2-1-3-7-13)17(22)19-18-11-14-8-4-5-9-16(14)21/h1-9,18,21H,10-11H2,(H,19,22). The van der Waals surface area contributed by atoms with Crippen LogP contribution in [0.4, 0.5) is 0 Å². The SMILES string of the molecule is O=C=C(Cc1ccccc1)C(=O)NNCc1ccccc1O. The minimum absolute atomic E-state index is 0.0102. The lowest BCUT2D eigenvalue weighted by Gasteiger charge is -2.09. The van der Waals surface area contributed by atoms with Gasteiger partial charge in [0.05, 0.1) is 0 Å². The summed E-state index contributed by atoms with van der Waals surface area (Å²) in [6.45, 7) is 0.246. The van der Waals surface area contributed by atoms with E-state index in [1.807, 2.05) is 30.3 Å². The van der Waals surface area contributed by atoms with E-state index in [2.05, 4.69) is 10.9 Å². The summed E-state index contributed by atoms with van der Waals surface area (Å²) in [6, 6.07) is 16.0. The molecule has 112 valence electrons. The number of carbonyl (C=O) groups excluding carboxylic acids is 2. The number of aromatic hydroxyl groups is 1. The summed E-state index contributed by atoms with van der Waals surface area (Å²) in [5, 5.41) is 9.61. The highest BCUT2D eigenvalue weighted by molar-refractivity contribution is 6.00. The quantitative estimate of drug-likeness (QED) is 0.429. The van der Waals surface area contributed by atoms with Crippen molar-refractivity contribution in [1.29, 1.82) is 0 Å². The highest BCUT2D eigenvalue weighted by Gasteiger charge is 2.11. The molecule has 5 nitrogen and oxygen atoms in total. The Bertz CT molecular complexity index is 692. The smallest absolute Gasteiger partial charge is 0.272 e. The Balaban J connectivity index is 1.88. The summed E-state index contributed by atoms with van der Waals surface area (Å²) in [5.74, 6) is 1.28. The highest BCUT2D eigenvalue weighted by Crippen LogP contribution is 2.14. The molecule has 3 N–H and O–H groups in total. The van der Waals surface area contributed by atoms with E-state index in [0.717, 1.165) is 5.56 Å². The van der Waals surface area contributed by atoms with Crippen molar-refractivity contribution < 1.29 is 14.7 Å². The average molecular weight is 296 g/mol. The van der Waals surface area contributed by atoms with Crippen molar-refractivity contribution in [3.63, 3.8) is 0 Å². The van der Waals surface area contributed by atoms with E-state index >= 15 is 0 Å². The normalized spacial score (nSPS) is 9.82. The number of amides is 1. The summed E-state index contributed by atoms with van der Waals surface area (Å²) in [4.78, 5) is 22.9. The van der Waals surface area contributed by atoms with E-state index < -0.39 is 5.91 Å². The van der Waals surface area contributed by atoms with Crippen LogP contribution in [0.5, 0.6) is 5.75 Å². The molecule has 2 aromatic rings. The number of phenolic OH excluding ortho intramolecular Hbond substituents is 1. The first-order chi connectivity index (χ1) is 10.7. The zero-order valence-electron chi connectivity index (χ0n) is 11.9. The Morgan fingerprint density at radius 2 is 1.73 bits per heavy atom. The molecule has 0 bridgehead atoms. The van der Waals surface area contributed by atoms with Gasteiger partial charge in [-0.3, -0.25) is 10.2 Å². The van der Waals surface area contributed by atoms with Gasteiger partial charge in [0.1, 0.15) is 17.3 Å². The number of carbonyl (C=O) groups is 1. The fraction of sp³-hybridized carbons (Fsp3) is 0.118. The van der Waals surface area contributed by atoms with Crippen LogP contribution >= 0.6 is 0 Å². The molecule has 0 aliphatic carbocycles. The molecule has 0 aliphatic rings. The fourth-order valence-electron chi connectivity index (χ4n) is 1.92. The molecule has 0 radical (unpaired) electrons. The lowest BCUT2D eigenvalue weighted by molar-refractivity contribution is -0.118. The molecule has 0 saturated carbocycles. The molecule has 0 aliphatic heterocycles. The number of phenols is 1. The largest absolute Gasteiger partial charge is 0.508 e. The van der Waals surface area contributed by atoms with Crippen molar-refractivity contribution in [3.05, 3.63) is 71.3 Å². The van der Waals surface area contributed by atoms with E-state index in [9.17, 15) is 14.7 Å². The van der Waals surface area contributed by atoms with Crippen LogP contribution in [0.25, 0.3) is 0 Å². The molecule has 0 heterocycles. The Labute approximate surface area is 128 Å². The molecule has 2 rings (SSSR count). The summed E-state index contributed by atoms with van der Waals surface area (Å²) in [5.41, 5.74) is 6.62. The van der Waals surface area contributed by atoms with E-state index in [0.29, 0.717) is 5.56 Å². The molecular formula is C17H16N2O3. The van der Waals surface area contributed by atoms with Crippen molar-refractivity contribution >= 4 is 11.8 Å². The van der Waals surface area contributed by atoms with Crippen molar-refractivity contribution in [2.75, 3.05) is 0 Å². The van der Waals surface area contributed by atoms with Crippen molar-refractivity contribution in [2.45, 2.75) is 13.0 Å². The Hall–Kier alpha value is -2.88. The minimum Gasteiger partial charge on any atom is -0.508 e. The van der Waals surface area contributed by atoms with Crippen LogP contribution in [0.3, 0.4) is 0 Å². The third-order valence-electron chi connectivity index (χ3n) is 3.09. The molecule has 0 atom stereocenters. The summed E-state index contributed by atoms with van der Waals surface area (Å²) in [7, 11) is 0. The lowest BCUT2D eigenvalue weighted by atomic mass is 10.1. The summed E-state index contributed by atoms with van der Waals surface area (Å²) < 4.78 is 0. The first kappa shape index (κ1) is 15.5. The zero-order chi connectivity index (χ0) is 15.8. The van der Waals surface area contributed by atoms with Crippen molar-refractivity contribution in [3.8, 4) is 5.75 Å². The Morgan fingerprint density at radius 3 is 2.41 bits per heavy atom. The number of hydrogen-bond acceptors (Lipinski definition) is 4. The molecule has 5 heteroatoms. The molecule has 0 aromatic heterocycles. The van der Waals surface area contributed by atoms with Crippen LogP contribution in [0, 0.1) is 0 Å². The van der Waals surface area contributed by atoms with Gasteiger partial charge in [0.15, 0.2) is 0 Å². The molecular weight excluding hydrogens is 280 g/mol. The van der Waals surface area contributed by atoms with Crippen LogP contribution in [-0.4, -0.2) is 17.0 Å². The molecule has 22 heavy (non-hydrogen) atoms. The van der Waals surface area contributed by atoms with Gasteiger partial charge in [-0.2, -0.15) is 0 Å². The number of hydrogen-bond donors (Lipinski definition) is 3. The number of rotatable bonds is 6. The third-order valence-corrected chi connectivity index (χ3v) is 3.09. The van der Waals surface area contributed by atoms with Crippen LogP contribution < -0.4 is 10.9 Å². The highest BCUT2D eigenvalue weighted by atomic mass is 16.3. The van der Waals surface area contributed by atoms with Gasteiger partial charge < -0.3 is 5.11 Å². The number of para-hydroxylation sites is 1. The predicted molar refractivity (Wildman–Crippen MR) is 82.4 cm³/mol. The zero-order valence-corrected chi connectivity index (χ0v) is 11.9. The molecule has 0 saturated heterocycles. The second-order valence-corrected chi connectivity index (χ2v) is 4.68. The molecule has 0 spiro atoms. The monoisotopic (exact) mass is 296 g/mol. The first-order valence-corrected chi connectivity index (χ1v) is 6.78. The van der Waals surface area contributed by atoms with Gasteiger partial charge in [0, 0.05) is 18.5 Å². The Morgan fingerprint density at radius 1 is 1.05 bits per heavy atom. The maximum absolute atomic E-state index is 11.9. The van der Waals surface area contributed by atoms with Gasteiger partial charge in [-0.05, 0) is 11.6 Å². The summed E-state index contributed by atoms with van der Waals surface area (Å²) >= 11 is 0. The van der Waals surface area contributed by atoms with Crippen LogP contribution in [0.1, 0.15) is 11.1 Å². The van der Waals surface area contributed by atoms with Gasteiger partial charge in [-0.25, -0.2) is 10.2 Å². The second kappa shape index (κ2) is 7.78. The number of benzene rings is 2. The molecule has 2 aromatic carbocycles. The van der Waals surface area contributed by atoms with Crippen LogP contribution in [0.15, 0.2) is 60.2 Å². The van der Waals surface area contributed by atoms with Gasteiger partial charge in [0.2, 0.25) is 0 Å². The van der Waals surface area contributed by atoms with E-state index in [4.69, 9.17) is 0 Å². The van der Waals surface area contributed by atoms with Crippen LogP contribution in [0.2, 0.25) is 0 Å². The van der Waals surface area contributed by atoms with Crippen molar-refractivity contribution in [2.24, 2.45) is 0 Å². The van der Waals surface area contributed by atoms with E-state index in [1.165, 1.54) is 0 Å². The van der Waals surface area contributed by atoms with Gasteiger partial charge in [0.25, 0.3) is 5.91 Å². The summed E-state index contributed by atoms with van der Waals surface area (Å²) in [6.07, 6.45) is 0.217. The van der Waals surface area contributed by atoms with Gasteiger partial charge in [-0.15, -0.1) is 0 Å². The van der Waals surface area contributed by atoms with Gasteiger partial charge in [-0.1, -0.05) is 48.5 Å². The Kier molecular flexibility index (Phi) is 5.49. The average Bonchev–Trinajstić information content (AvgIpc) is 2.55. The maximum Gasteiger partial charge on any atom is 0.272 e. The predicted octanol–water partition coefficient (Wildman–Crippen LogP) is 1.51. The third kappa shape index (κ3) is 4.31. The van der Waals surface area contributed by atoms with E-state index in [-0.39, 0.29) is 24.3 Å². The number of nitrogens with one attached hydrogen (secondary N) is 2. The molecule has 0 fully saturated rings. The first-order valence-electron chi connectivity index (χ1n) is 6.78. The fourth-order valence-corrected chi connectivity index (χ4v) is 1.92. The van der Waals surface area contributed by atoms with Gasteiger partial charge >= 0.3 is 0 Å². The molecule has 1 amide bonds. The van der Waals surface area contributed by atoms with Crippen molar-refractivity contribution in [1.82, 2.24) is 10.9 Å².